The average Bonchev–Trinajstić information content (AvgIpc) is 3.35. The maximum absolute atomic E-state index is 13.1. The number of nitrogens with zero attached hydrogens (tertiary/aromatic N) is 3. The summed E-state index contributed by atoms with van der Waals surface area (Å²) in [6.45, 7) is 9.48. The quantitative estimate of drug-likeness (QED) is 0.268. The summed E-state index contributed by atoms with van der Waals surface area (Å²) in [5.41, 5.74) is 3.16. The minimum absolute atomic E-state index is 0.0254. The maximum atomic E-state index is 13.1. The highest BCUT2D eigenvalue weighted by atomic mass is 35.5. The molecule has 0 spiro atoms. The molecule has 4 rings (SSSR count). The Balaban J connectivity index is 1.59. The first-order valence-electron chi connectivity index (χ1n) is 10.9. The van der Waals surface area contributed by atoms with Gasteiger partial charge in [0.15, 0.2) is 10.9 Å². The number of fused-ring (bicyclic) bond motifs is 1. The van der Waals surface area contributed by atoms with Crippen molar-refractivity contribution in [1.82, 2.24) is 14.1 Å². The number of Topliss-reactive ketones (excluding diaryl/α,β-unsaturated/α-hetero) is 1. The molecule has 1 atom stereocenters. The molecule has 6 nitrogen and oxygen atoms in total. The standard InChI is InChI=1S/C24H28ClN3O3S/c1-14(2)28-23(30)19-8-7-17(25)11-21(19)26-24(28)32-13-22(29)20-10-15(3)27(16(20)4)12-18-6-5-9-31-18/h7-8,10-11,14,18H,5-6,9,12-13H2,1-4H3. The van der Waals surface area contributed by atoms with Gasteiger partial charge in [0, 0.05) is 41.2 Å². The molecule has 170 valence electrons. The summed E-state index contributed by atoms with van der Waals surface area (Å²) in [6, 6.07) is 6.96. The van der Waals surface area contributed by atoms with Crippen molar-refractivity contribution in [3.05, 3.63) is 56.6 Å². The minimum Gasteiger partial charge on any atom is -0.376 e. The normalized spacial score (nSPS) is 16.4. The van der Waals surface area contributed by atoms with Crippen molar-refractivity contribution >= 4 is 40.0 Å². The number of ether oxygens (including phenoxy) is 1. The lowest BCUT2D eigenvalue weighted by Crippen LogP contribution is -2.25. The second kappa shape index (κ2) is 9.41. The molecule has 3 heterocycles. The van der Waals surface area contributed by atoms with Crippen LogP contribution in [0.5, 0.6) is 0 Å². The van der Waals surface area contributed by atoms with E-state index < -0.39 is 0 Å². The fourth-order valence-electron chi connectivity index (χ4n) is 4.27. The SMILES string of the molecule is Cc1cc(C(=O)CSc2nc3cc(Cl)ccc3c(=O)n2C(C)C)c(C)n1CC1CCCO1. The monoisotopic (exact) mass is 473 g/mol. The Morgan fingerprint density at radius 2 is 2.09 bits per heavy atom. The number of carbonyl (C=O) groups excluding carboxylic acids is 1. The van der Waals surface area contributed by atoms with Crippen LogP contribution < -0.4 is 5.56 Å². The fraction of sp³-hybridized carbons (Fsp3) is 0.458. The van der Waals surface area contributed by atoms with Gasteiger partial charge in [0.1, 0.15) is 0 Å². The summed E-state index contributed by atoms with van der Waals surface area (Å²) in [5, 5.41) is 1.58. The second-order valence-corrected chi connectivity index (χ2v) is 9.95. The summed E-state index contributed by atoms with van der Waals surface area (Å²) < 4.78 is 9.59. The molecule has 0 bridgehead atoms. The number of aryl methyl sites for hydroxylation is 1. The predicted molar refractivity (Wildman–Crippen MR) is 129 cm³/mol. The Morgan fingerprint density at radius 1 is 1.31 bits per heavy atom. The minimum atomic E-state index is -0.119. The predicted octanol–water partition coefficient (Wildman–Crippen LogP) is 5.20. The molecule has 0 aliphatic carbocycles. The number of carbonyl (C=O) groups is 1. The molecule has 1 fully saturated rings. The van der Waals surface area contributed by atoms with Gasteiger partial charge >= 0.3 is 0 Å². The fourth-order valence-corrected chi connectivity index (χ4v) is 5.45. The highest BCUT2D eigenvalue weighted by Crippen LogP contribution is 2.26. The topological polar surface area (TPSA) is 66.1 Å². The Morgan fingerprint density at radius 3 is 2.78 bits per heavy atom. The van der Waals surface area contributed by atoms with Crippen LogP contribution in [-0.4, -0.2) is 38.4 Å². The first-order valence-corrected chi connectivity index (χ1v) is 12.3. The number of benzene rings is 1. The number of hydrogen-bond acceptors (Lipinski definition) is 5. The van der Waals surface area contributed by atoms with Crippen molar-refractivity contribution < 1.29 is 9.53 Å². The van der Waals surface area contributed by atoms with Crippen molar-refractivity contribution in [2.45, 2.75) is 64.4 Å². The van der Waals surface area contributed by atoms with Gasteiger partial charge in [-0.2, -0.15) is 0 Å². The molecule has 32 heavy (non-hydrogen) atoms. The van der Waals surface area contributed by atoms with E-state index in [1.165, 1.54) is 11.8 Å². The number of rotatable bonds is 7. The highest BCUT2D eigenvalue weighted by molar-refractivity contribution is 7.99. The van der Waals surface area contributed by atoms with Crippen LogP contribution in [0.3, 0.4) is 0 Å². The van der Waals surface area contributed by atoms with Crippen LogP contribution in [0.1, 0.15) is 54.5 Å². The van der Waals surface area contributed by atoms with Gasteiger partial charge in [-0.25, -0.2) is 4.98 Å². The van der Waals surface area contributed by atoms with E-state index in [0.717, 1.165) is 42.9 Å². The number of ketones is 1. The Bertz CT molecular complexity index is 1230. The molecular weight excluding hydrogens is 446 g/mol. The van der Waals surface area contributed by atoms with E-state index in [9.17, 15) is 9.59 Å². The molecular formula is C24H28ClN3O3S. The molecule has 1 unspecified atom stereocenters. The lowest BCUT2D eigenvalue weighted by atomic mass is 10.2. The summed E-state index contributed by atoms with van der Waals surface area (Å²) in [4.78, 5) is 30.8. The Hall–Kier alpha value is -2.09. The van der Waals surface area contributed by atoms with Gasteiger partial charge in [-0.15, -0.1) is 0 Å². The molecule has 0 N–H and O–H groups in total. The van der Waals surface area contributed by atoms with Gasteiger partial charge in [-0.1, -0.05) is 23.4 Å². The van der Waals surface area contributed by atoms with Crippen LogP contribution in [-0.2, 0) is 11.3 Å². The van der Waals surface area contributed by atoms with Gasteiger partial charge in [-0.3, -0.25) is 14.2 Å². The van der Waals surface area contributed by atoms with Crippen molar-refractivity contribution in [3.63, 3.8) is 0 Å². The van der Waals surface area contributed by atoms with Crippen LogP contribution >= 0.6 is 23.4 Å². The van der Waals surface area contributed by atoms with Gasteiger partial charge in [0.05, 0.1) is 22.8 Å². The number of hydrogen-bond donors (Lipinski definition) is 0. The smallest absolute Gasteiger partial charge is 0.262 e. The molecule has 3 aromatic rings. The summed E-state index contributed by atoms with van der Waals surface area (Å²) >= 11 is 7.40. The van der Waals surface area contributed by atoms with Crippen LogP contribution in [0, 0.1) is 13.8 Å². The third-order valence-electron chi connectivity index (χ3n) is 5.96. The first kappa shape index (κ1) is 23.1. The van der Waals surface area contributed by atoms with E-state index in [-0.39, 0.29) is 29.2 Å². The number of halogens is 1. The van der Waals surface area contributed by atoms with Gasteiger partial charge < -0.3 is 9.30 Å². The third kappa shape index (κ3) is 4.51. The van der Waals surface area contributed by atoms with Crippen LogP contribution in [0.4, 0.5) is 0 Å². The Kier molecular flexibility index (Phi) is 6.79. The zero-order chi connectivity index (χ0) is 23.0. The largest absolute Gasteiger partial charge is 0.376 e. The molecule has 2 aromatic heterocycles. The van der Waals surface area contributed by atoms with E-state index >= 15 is 0 Å². The summed E-state index contributed by atoms with van der Waals surface area (Å²) in [7, 11) is 0. The van der Waals surface area contributed by atoms with E-state index in [1.54, 1.807) is 22.8 Å². The molecule has 0 saturated carbocycles. The summed E-state index contributed by atoms with van der Waals surface area (Å²) in [5.74, 6) is 0.229. The first-order chi connectivity index (χ1) is 15.3. The molecule has 1 aliphatic heterocycles. The molecule has 1 aromatic carbocycles. The molecule has 1 aliphatic rings. The molecule has 0 amide bonds. The van der Waals surface area contributed by atoms with E-state index in [2.05, 4.69) is 9.55 Å². The third-order valence-corrected chi connectivity index (χ3v) is 7.15. The molecule has 1 saturated heterocycles. The van der Waals surface area contributed by atoms with E-state index in [1.807, 2.05) is 33.8 Å². The average molecular weight is 474 g/mol. The van der Waals surface area contributed by atoms with Crippen LogP contribution in [0.25, 0.3) is 10.9 Å². The number of aromatic nitrogens is 3. The van der Waals surface area contributed by atoms with Gasteiger partial charge in [0.2, 0.25) is 0 Å². The highest BCUT2D eigenvalue weighted by Gasteiger charge is 2.22. The van der Waals surface area contributed by atoms with Crippen molar-refractivity contribution in [3.8, 4) is 0 Å². The van der Waals surface area contributed by atoms with Crippen LogP contribution in [0.2, 0.25) is 5.02 Å². The van der Waals surface area contributed by atoms with E-state index in [4.69, 9.17) is 16.3 Å². The molecule has 8 heteroatoms. The summed E-state index contributed by atoms with van der Waals surface area (Å²) in [6.07, 6.45) is 2.36. The Labute approximate surface area is 196 Å². The van der Waals surface area contributed by atoms with Crippen molar-refractivity contribution in [2.24, 2.45) is 0 Å². The van der Waals surface area contributed by atoms with E-state index in [0.29, 0.717) is 21.1 Å². The second-order valence-electron chi connectivity index (χ2n) is 8.57. The lowest BCUT2D eigenvalue weighted by molar-refractivity contribution is 0.0957. The van der Waals surface area contributed by atoms with Gasteiger partial charge in [-0.05, 0) is 64.8 Å². The van der Waals surface area contributed by atoms with Crippen molar-refractivity contribution in [1.29, 1.82) is 0 Å². The zero-order valence-electron chi connectivity index (χ0n) is 18.9. The van der Waals surface area contributed by atoms with Crippen molar-refractivity contribution in [2.75, 3.05) is 12.4 Å². The number of thioether (sulfide) groups is 1. The van der Waals surface area contributed by atoms with Gasteiger partial charge in [0.25, 0.3) is 5.56 Å². The zero-order valence-corrected chi connectivity index (χ0v) is 20.4. The lowest BCUT2D eigenvalue weighted by Gasteiger charge is -2.16. The van der Waals surface area contributed by atoms with Crippen LogP contribution in [0.15, 0.2) is 34.2 Å². The maximum Gasteiger partial charge on any atom is 0.262 e. The molecule has 0 radical (unpaired) electrons.